The van der Waals surface area contributed by atoms with Crippen LogP contribution < -0.4 is 5.32 Å². The smallest absolute Gasteiger partial charge is 0.228 e. The Kier molecular flexibility index (Phi) is 3.25. The quantitative estimate of drug-likeness (QED) is 0.776. The van der Waals surface area contributed by atoms with Gasteiger partial charge in [0, 0.05) is 18.5 Å². The second kappa shape index (κ2) is 5.20. The van der Waals surface area contributed by atoms with E-state index < -0.39 is 0 Å². The lowest BCUT2D eigenvalue weighted by molar-refractivity contribution is 0.378. The molecule has 0 spiro atoms. The van der Waals surface area contributed by atoms with Gasteiger partial charge in [-0.05, 0) is 17.8 Å². The van der Waals surface area contributed by atoms with Crippen molar-refractivity contribution < 1.29 is 4.52 Å². The Bertz CT molecular complexity index is 685. The third kappa shape index (κ3) is 2.35. The first-order valence-electron chi connectivity index (χ1n) is 6.34. The molecule has 0 bridgehead atoms. The van der Waals surface area contributed by atoms with E-state index >= 15 is 0 Å². The number of nitrogens with zero attached hydrogens (tertiary/aromatic N) is 2. The number of likely N-dealkylation sites (N-methyl/N-ethyl adjacent to an activating group) is 1. The summed E-state index contributed by atoms with van der Waals surface area (Å²) in [4.78, 5) is 4.45. The van der Waals surface area contributed by atoms with Crippen molar-refractivity contribution in [3.8, 4) is 11.4 Å². The van der Waals surface area contributed by atoms with Crippen molar-refractivity contribution >= 4 is 10.8 Å². The molecule has 1 aromatic heterocycles. The average molecular weight is 253 g/mol. The summed E-state index contributed by atoms with van der Waals surface area (Å²) in [5, 5.41) is 9.47. The summed E-state index contributed by atoms with van der Waals surface area (Å²) in [6.45, 7) is 0.831. The van der Waals surface area contributed by atoms with E-state index in [4.69, 9.17) is 4.52 Å². The van der Waals surface area contributed by atoms with Crippen LogP contribution in [-0.4, -0.2) is 23.7 Å². The fourth-order valence-corrected chi connectivity index (χ4v) is 2.12. The predicted octanol–water partition coefficient (Wildman–Crippen LogP) is 2.65. The minimum atomic E-state index is 0.655. The van der Waals surface area contributed by atoms with Crippen molar-refractivity contribution in [2.24, 2.45) is 0 Å². The van der Waals surface area contributed by atoms with Gasteiger partial charge >= 0.3 is 0 Å². The monoisotopic (exact) mass is 253 g/mol. The highest BCUT2D eigenvalue weighted by molar-refractivity contribution is 5.94. The maximum Gasteiger partial charge on any atom is 0.228 e. The summed E-state index contributed by atoms with van der Waals surface area (Å²) in [6, 6.07) is 14.3. The Morgan fingerprint density at radius 2 is 1.95 bits per heavy atom. The molecular weight excluding hydrogens is 238 g/mol. The Morgan fingerprint density at radius 3 is 2.84 bits per heavy atom. The summed E-state index contributed by atoms with van der Waals surface area (Å²) < 4.78 is 5.27. The molecule has 0 saturated carbocycles. The molecule has 0 fully saturated rings. The van der Waals surface area contributed by atoms with Gasteiger partial charge in [-0.15, -0.1) is 0 Å². The lowest BCUT2D eigenvalue weighted by Crippen LogP contribution is -2.10. The molecule has 1 heterocycles. The van der Waals surface area contributed by atoms with Crippen molar-refractivity contribution in [1.29, 1.82) is 0 Å². The molecule has 0 unspecified atom stereocenters. The van der Waals surface area contributed by atoms with E-state index in [0.29, 0.717) is 11.7 Å². The second-order valence-corrected chi connectivity index (χ2v) is 4.39. The van der Waals surface area contributed by atoms with Crippen molar-refractivity contribution in [1.82, 2.24) is 15.5 Å². The molecule has 0 atom stereocenters. The molecule has 19 heavy (non-hydrogen) atoms. The van der Waals surface area contributed by atoms with E-state index in [9.17, 15) is 0 Å². The minimum Gasteiger partial charge on any atom is -0.339 e. The number of benzene rings is 2. The molecule has 3 rings (SSSR count). The van der Waals surface area contributed by atoms with E-state index in [0.717, 1.165) is 23.9 Å². The fourth-order valence-electron chi connectivity index (χ4n) is 2.12. The zero-order valence-corrected chi connectivity index (χ0v) is 10.8. The summed E-state index contributed by atoms with van der Waals surface area (Å²) in [7, 11) is 1.90. The number of rotatable bonds is 4. The van der Waals surface area contributed by atoms with Gasteiger partial charge in [0.2, 0.25) is 11.7 Å². The first-order chi connectivity index (χ1) is 9.38. The first-order valence-corrected chi connectivity index (χ1v) is 6.34. The number of fused-ring (bicyclic) bond motifs is 1. The van der Waals surface area contributed by atoms with Crippen LogP contribution in [0.4, 0.5) is 0 Å². The van der Waals surface area contributed by atoms with E-state index in [2.05, 4.69) is 33.7 Å². The lowest BCUT2D eigenvalue weighted by atomic mass is 10.0. The Morgan fingerprint density at radius 1 is 1.11 bits per heavy atom. The maximum atomic E-state index is 5.27. The average Bonchev–Trinajstić information content (AvgIpc) is 2.93. The third-order valence-electron chi connectivity index (χ3n) is 3.09. The van der Waals surface area contributed by atoms with Crippen molar-refractivity contribution in [3.05, 3.63) is 48.4 Å². The van der Waals surface area contributed by atoms with Crippen LogP contribution in [0.25, 0.3) is 22.2 Å². The van der Waals surface area contributed by atoms with Crippen LogP contribution in [0.2, 0.25) is 0 Å². The van der Waals surface area contributed by atoms with Gasteiger partial charge < -0.3 is 9.84 Å². The molecular formula is C15H15N3O. The SMILES string of the molecule is CNCCc1nc(-c2cccc3ccccc23)no1. The van der Waals surface area contributed by atoms with Crippen molar-refractivity contribution in [2.75, 3.05) is 13.6 Å². The highest BCUT2D eigenvalue weighted by atomic mass is 16.5. The summed E-state index contributed by atoms with van der Waals surface area (Å²) >= 11 is 0. The summed E-state index contributed by atoms with van der Waals surface area (Å²) in [5.74, 6) is 1.32. The fraction of sp³-hybridized carbons (Fsp3) is 0.200. The highest BCUT2D eigenvalue weighted by Crippen LogP contribution is 2.26. The van der Waals surface area contributed by atoms with Crippen molar-refractivity contribution in [2.45, 2.75) is 6.42 Å². The molecule has 0 aliphatic carbocycles. The number of hydrogen-bond acceptors (Lipinski definition) is 4. The molecule has 96 valence electrons. The molecule has 0 aliphatic rings. The van der Waals surface area contributed by atoms with E-state index in [-0.39, 0.29) is 0 Å². The highest BCUT2D eigenvalue weighted by Gasteiger charge is 2.10. The van der Waals surface area contributed by atoms with Gasteiger partial charge in [-0.1, -0.05) is 47.6 Å². The molecule has 2 aromatic carbocycles. The lowest BCUT2D eigenvalue weighted by Gasteiger charge is -2.01. The van der Waals surface area contributed by atoms with Crippen LogP contribution in [0.5, 0.6) is 0 Å². The van der Waals surface area contributed by atoms with Gasteiger partial charge in [-0.3, -0.25) is 0 Å². The van der Waals surface area contributed by atoms with E-state index in [1.807, 2.05) is 31.3 Å². The van der Waals surface area contributed by atoms with Crippen molar-refractivity contribution in [3.63, 3.8) is 0 Å². The predicted molar refractivity (Wildman–Crippen MR) is 74.9 cm³/mol. The molecule has 0 radical (unpaired) electrons. The standard InChI is InChI=1S/C15H15N3O/c1-16-10-9-14-17-15(18-19-14)13-8-4-6-11-5-2-3-7-12(11)13/h2-8,16H,9-10H2,1H3. The first kappa shape index (κ1) is 11.9. The molecule has 0 aliphatic heterocycles. The van der Waals surface area contributed by atoms with Crippen LogP contribution >= 0.6 is 0 Å². The molecule has 4 heteroatoms. The Balaban J connectivity index is 2.02. The Hall–Kier alpha value is -2.20. The molecule has 4 nitrogen and oxygen atoms in total. The van der Waals surface area contributed by atoms with E-state index in [1.54, 1.807) is 0 Å². The maximum absolute atomic E-state index is 5.27. The van der Waals surface area contributed by atoms with Crippen LogP contribution in [0.1, 0.15) is 5.89 Å². The van der Waals surface area contributed by atoms with Crippen LogP contribution in [0.3, 0.4) is 0 Å². The van der Waals surface area contributed by atoms with Gasteiger partial charge in [0.05, 0.1) is 0 Å². The van der Waals surface area contributed by atoms with Gasteiger partial charge in [0.15, 0.2) is 0 Å². The topological polar surface area (TPSA) is 51.0 Å². The zero-order chi connectivity index (χ0) is 13.1. The number of nitrogens with one attached hydrogen (secondary N) is 1. The molecule has 1 N–H and O–H groups in total. The molecule has 3 aromatic rings. The summed E-state index contributed by atoms with van der Waals surface area (Å²) in [5.41, 5.74) is 1.01. The zero-order valence-electron chi connectivity index (χ0n) is 10.8. The second-order valence-electron chi connectivity index (χ2n) is 4.39. The number of aromatic nitrogens is 2. The normalized spacial score (nSPS) is 11.0. The minimum absolute atomic E-state index is 0.655. The third-order valence-corrected chi connectivity index (χ3v) is 3.09. The van der Waals surface area contributed by atoms with Gasteiger partial charge in [-0.2, -0.15) is 4.98 Å². The van der Waals surface area contributed by atoms with Crippen LogP contribution in [0, 0.1) is 0 Å². The van der Waals surface area contributed by atoms with Gasteiger partial charge in [0.25, 0.3) is 0 Å². The van der Waals surface area contributed by atoms with Crippen LogP contribution in [-0.2, 0) is 6.42 Å². The van der Waals surface area contributed by atoms with E-state index in [1.165, 1.54) is 5.39 Å². The van der Waals surface area contributed by atoms with Gasteiger partial charge in [-0.25, -0.2) is 0 Å². The van der Waals surface area contributed by atoms with Crippen LogP contribution in [0.15, 0.2) is 47.0 Å². The summed E-state index contributed by atoms with van der Waals surface area (Å²) in [6.07, 6.45) is 0.744. The molecule has 0 amide bonds. The largest absolute Gasteiger partial charge is 0.339 e. The number of hydrogen-bond donors (Lipinski definition) is 1. The Labute approximate surface area is 111 Å². The molecule has 0 saturated heterocycles. The van der Waals surface area contributed by atoms with Gasteiger partial charge in [0.1, 0.15) is 0 Å².